The summed E-state index contributed by atoms with van der Waals surface area (Å²) in [6, 6.07) is 11.0. The number of nitrogens with two attached hydrogens (primary N) is 1. The standard InChI is InChI=1S/C19H19N5O/c1-3-5-16-19(21-2)24(14-9-7-13(12-25)8-10-14)18(23-16)15-6-4-11-22-17(15)20/h4-12H,3H2,1-2H3,(H2,20,22)/b16-5+,21-19?. The molecule has 0 saturated carbocycles. The summed E-state index contributed by atoms with van der Waals surface area (Å²) in [6.45, 7) is 2.05. The van der Waals surface area contributed by atoms with Crippen molar-refractivity contribution in [3.8, 4) is 0 Å². The van der Waals surface area contributed by atoms with Crippen molar-refractivity contribution in [2.24, 2.45) is 9.98 Å². The molecular formula is C19H19N5O. The summed E-state index contributed by atoms with van der Waals surface area (Å²) in [5, 5.41) is 0. The van der Waals surface area contributed by atoms with Gasteiger partial charge in [0.15, 0.2) is 11.7 Å². The molecule has 1 aliphatic heterocycles. The maximum absolute atomic E-state index is 10.9. The summed E-state index contributed by atoms with van der Waals surface area (Å²) in [6.07, 6.45) is 5.33. The van der Waals surface area contributed by atoms with Crippen LogP contribution in [-0.4, -0.2) is 30.0 Å². The van der Waals surface area contributed by atoms with Crippen molar-refractivity contribution >= 4 is 29.5 Å². The zero-order valence-electron chi connectivity index (χ0n) is 14.2. The van der Waals surface area contributed by atoms with Crippen molar-refractivity contribution in [3.63, 3.8) is 0 Å². The van der Waals surface area contributed by atoms with Gasteiger partial charge in [0.05, 0.1) is 5.56 Å². The highest BCUT2D eigenvalue weighted by atomic mass is 16.1. The summed E-state index contributed by atoms with van der Waals surface area (Å²) in [7, 11) is 1.73. The molecule has 1 aromatic heterocycles. The van der Waals surface area contributed by atoms with Crippen LogP contribution in [0.3, 0.4) is 0 Å². The van der Waals surface area contributed by atoms with E-state index in [0.717, 1.165) is 35.5 Å². The lowest BCUT2D eigenvalue weighted by atomic mass is 10.1. The minimum absolute atomic E-state index is 0.406. The number of carbonyl (C=O) groups excluding carboxylic acids is 1. The van der Waals surface area contributed by atoms with Crippen LogP contribution in [0.4, 0.5) is 11.5 Å². The number of allylic oxidation sites excluding steroid dienone is 1. The molecule has 2 aromatic rings. The van der Waals surface area contributed by atoms with Crippen LogP contribution in [0.25, 0.3) is 0 Å². The van der Waals surface area contributed by atoms with Gasteiger partial charge in [0, 0.05) is 24.5 Å². The average Bonchev–Trinajstić information content (AvgIpc) is 3.00. The van der Waals surface area contributed by atoms with Gasteiger partial charge in [0.25, 0.3) is 0 Å². The van der Waals surface area contributed by atoms with Crippen LogP contribution in [0, 0.1) is 0 Å². The Morgan fingerprint density at radius 2 is 2.00 bits per heavy atom. The van der Waals surface area contributed by atoms with Gasteiger partial charge in [-0.25, -0.2) is 9.98 Å². The molecular weight excluding hydrogens is 314 g/mol. The van der Waals surface area contributed by atoms with E-state index in [9.17, 15) is 4.79 Å². The van der Waals surface area contributed by atoms with Gasteiger partial charge in [-0.3, -0.25) is 14.7 Å². The molecule has 0 radical (unpaired) electrons. The van der Waals surface area contributed by atoms with Gasteiger partial charge >= 0.3 is 0 Å². The second kappa shape index (κ2) is 7.09. The number of aldehydes is 1. The number of amidine groups is 2. The van der Waals surface area contributed by atoms with Crippen LogP contribution in [0.15, 0.2) is 64.4 Å². The SMILES string of the molecule is CC/C=C1/N=C(c2cccnc2N)N(c2ccc(C=O)cc2)C1=NC. The number of aromatic nitrogens is 1. The highest BCUT2D eigenvalue weighted by molar-refractivity contribution is 6.34. The molecule has 1 aromatic carbocycles. The third-order valence-electron chi connectivity index (χ3n) is 3.86. The molecule has 2 heterocycles. The largest absolute Gasteiger partial charge is 0.383 e. The molecule has 0 saturated heterocycles. The molecule has 0 fully saturated rings. The number of aliphatic imine (C=N–C) groups is 2. The van der Waals surface area contributed by atoms with E-state index in [0.29, 0.717) is 17.2 Å². The lowest BCUT2D eigenvalue weighted by Gasteiger charge is -2.21. The smallest absolute Gasteiger partial charge is 0.159 e. The number of hydrogen-bond donors (Lipinski definition) is 1. The molecule has 0 spiro atoms. The second-order valence-electron chi connectivity index (χ2n) is 5.46. The summed E-state index contributed by atoms with van der Waals surface area (Å²) in [5.74, 6) is 1.81. The van der Waals surface area contributed by atoms with Gasteiger partial charge in [-0.2, -0.15) is 0 Å². The van der Waals surface area contributed by atoms with Crippen LogP contribution < -0.4 is 10.6 Å². The van der Waals surface area contributed by atoms with E-state index in [4.69, 9.17) is 10.7 Å². The normalized spacial score (nSPS) is 17.2. The summed E-state index contributed by atoms with van der Waals surface area (Å²) < 4.78 is 0. The quantitative estimate of drug-likeness (QED) is 0.872. The fourth-order valence-electron chi connectivity index (χ4n) is 2.71. The Bertz CT molecular complexity index is 881. The first-order valence-electron chi connectivity index (χ1n) is 8.01. The van der Waals surface area contributed by atoms with Crippen molar-refractivity contribution in [1.82, 2.24) is 4.98 Å². The molecule has 25 heavy (non-hydrogen) atoms. The molecule has 6 nitrogen and oxygen atoms in total. The zero-order valence-corrected chi connectivity index (χ0v) is 14.2. The predicted molar refractivity (Wildman–Crippen MR) is 101 cm³/mol. The lowest BCUT2D eigenvalue weighted by molar-refractivity contribution is 0.112. The van der Waals surface area contributed by atoms with E-state index in [2.05, 4.69) is 16.9 Å². The van der Waals surface area contributed by atoms with Crippen LogP contribution in [0.5, 0.6) is 0 Å². The monoisotopic (exact) mass is 333 g/mol. The van der Waals surface area contributed by atoms with Gasteiger partial charge in [-0.05, 0) is 42.8 Å². The van der Waals surface area contributed by atoms with Crippen molar-refractivity contribution in [1.29, 1.82) is 0 Å². The zero-order chi connectivity index (χ0) is 17.8. The van der Waals surface area contributed by atoms with Gasteiger partial charge in [0.1, 0.15) is 17.8 Å². The second-order valence-corrected chi connectivity index (χ2v) is 5.46. The van der Waals surface area contributed by atoms with Gasteiger partial charge in [-0.15, -0.1) is 0 Å². The van der Waals surface area contributed by atoms with Crippen molar-refractivity contribution < 1.29 is 4.79 Å². The van der Waals surface area contributed by atoms with Gasteiger partial charge in [-0.1, -0.05) is 13.0 Å². The van der Waals surface area contributed by atoms with Crippen LogP contribution >= 0.6 is 0 Å². The number of nitrogens with zero attached hydrogens (tertiary/aromatic N) is 4. The topological polar surface area (TPSA) is 83.9 Å². The molecule has 0 amide bonds. The van der Waals surface area contributed by atoms with E-state index in [1.54, 1.807) is 25.4 Å². The number of nitrogen functional groups attached to an aromatic ring is 1. The number of hydrogen-bond acceptors (Lipinski definition) is 5. The minimum Gasteiger partial charge on any atom is -0.383 e. The number of anilines is 2. The Morgan fingerprint density at radius 3 is 2.60 bits per heavy atom. The third kappa shape index (κ3) is 3.06. The van der Waals surface area contributed by atoms with Gasteiger partial charge in [0.2, 0.25) is 0 Å². The predicted octanol–water partition coefficient (Wildman–Crippen LogP) is 3.07. The fraction of sp³-hybridized carbons (Fsp3) is 0.158. The molecule has 1 aliphatic rings. The van der Waals surface area contributed by atoms with Gasteiger partial charge < -0.3 is 5.73 Å². The molecule has 0 unspecified atom stereocenters. The van der Waals surface area contributed by atoms with Crippen LogP contribution in [0.2, 0.25) is 0 Å². The average molecular weight is 333 g/mol. The molecule has 3 rings (SSSR count). The summed E-state index contributed by atoms with van der Waals surface area (Å²) in [4.78, 5) is 26.2. The first-order valence-corrected chi connectivity index (χ1v) is 8.01. The Balaban J connectivity index is 2.17. The molecule has 2 N–H and O–H groups in total. The van der Waals surface area contributed by atoms with E-state index < -0.39 is 0 Å². The van der Waals surface area contributed by atoms with Crippen LogP contribution in [0.1, 0.15) is 29.3 Å². The first kappa shape index (κ1) is 16.6. The highest BCUT2D eigenvalue weighted by Gasteiger charge is 2.31. The summed E-state index contributed by atoms with van der Waals surface area (Å²) in [5.41, 5.74) is 9.07. The maximum Gasteiger partial charge on any atom is 0.159 e. The number of benzene rings is 1. The number of rotatable bonds is 4. The third-order valence-corrected chi connectivity index (χ3v) is 3.86. The lowest BCUT2D eigenvalue weighted by Crippen LogP contribution is -2.33. The van der Waals surface area contributed by atoms with Crippen molar-refractivity contribution in [2.45, 2.75) is 13.3 Å². The molecule has 126 valence electrons. The van der Waals surface area contributed by atoms with E-state index in [-0.39, 0.29) is 0 Å². The Hall–Kier alpha value is -3.28. The van der Waals surface area contributed by atoms with E-state index >= 15 is 0 Å². The minimum atomic E-state index is 0.406. The molecule has 0 aliphatic carbocycles. The van der Waals surface area contributed by atoms with Crippen LogP contribution in [-0.2, 0) is 0 Å². The fourth-order valence-corrected chi connectivity index (χ4v) is 2.71. The highest BCUT2D eigenvalue weighted by Crippen LogP contribution is 2.29. The maximum atomic E-state index is 10.9. The first-order chi connectivity index (χ1) is 12.2. The number of pyridine rings is 1. The number of carbonyl (C=O) groups is 1. The van der Waals surface area contributed by atoms with E-state index in [1.165, 1.54) is 0 Å². The van der Waals surface area contributed by atoms with Crippen molar-refractivity contribution in [3.05, 3.63) is 65.5 Å². The summed E-state index contributed by atoms with van der Waals surface area (Å²) >= 11 is 0. The van der Waals surface area contributed by atoms with Crippen molar-refractivity contribution in [2.75, 3.05) is 17.7 Å². The Kier molecular flexibility index (Phi) is 4.70. The molecule has 0 bridgehead atoms. The van der Waals surface area contributed by atoms with E-state index in [1.807, 2.05) is 35.2 Å². The Morgan fingerprint density at radius 1 is 1.24 bits per heavy atom. The molecule has 0 atom stereocenters. The molecule has 6 heteroatoms. The Labute approximate surface area is 146 Å².